The smallest absolute Gasteiger partial charge is 0.240 e. The van der Waals surface area contributed by atoms with E-state index in [1.165, 1.54) is 6.33 Å². The highest BCUT2D eigenvalue weighted by molar-refractivity contribution is 7.89. The molecule has 3 heterocycles. The number of rotatable bonds is 5. The third-order valence-electron chi connectivity index (χ3n) is 6.86. The minimum Gasteiger partial charge on any atom is -0.382 e. The average molecular weight is 495 g/mol. The lowest BCUT2D eigenvalue weighted by Crippen LogP contribution is -2.35. The number of ether oxygens (including phenoxy) is 2. The molecule has 1 saturated heterocycles. The number of hydrogen-bond acceptors (Lipinski definition) is 8. The minimum atomic E-state index is -3.71. The van der Waals surface area contributed by atoms with Crippen molar-refractivity contribution in [3.05, 3.63) is 55.1 Å². The Labute approximate surface area is 202 Å². The van der Waals surface area contributed by atoms with E-state index >= 15 is 0 Å². The summed E-state index contributed by atoms with van der Waals surface area (Å²) in [5.41, 5.74) is 7.12. The Morgan fingerprint density at radius 1 is 1.09 bits per heavy atom. The van der Waals surface area contributed by atoms with Gasteiger partial charge in [-0.1, -0.05) is 30.3 Å². The van der Waals surface area contributed by atoms with Crippen molar-refractivity contribution in [1.29, 1.82) is 0 Å². The fourth-order valence-corrected chi connectivity index (χ4v) is 6.41. The second kappa shape index (κ2) is 7.95. The van der Waals surface area contributed by atoms with E-state index in [0.717, 1.165) is 10.8 Å². The van der Waals surface area contributed by atoms with Crippen molar-refractivity contribution in [3.63, 3.8) is 0 Å². The van der Waals surface area contributed by atoms with Gasteiger partial charge in [0.15, 0.2) is 17.3 Å². The molecule has 0 amide bonds. The number of anilines is 1. The molecular weight excluding hydrogens is 468 g/mol. The molecule has 4 atom stereocenters. The minimum absolute atomic E-state index is 0.112. The summed E-state index contributed by atoms with van der Waals surface area (Å²) in [4.78, 5) is 13.0. The van der Waals surface area contributed by atoms with E-state index in [0.29, 0.717) is 23.4 Å². The molecule has 2 aromatic heterocycles. The summed E-state index contributed by atoms with van der Waals surface area (Å²) in [6, 6.07) is 12.7. The van der Waals surface area contributed by atoms with Gasteiger partial charge in [0.2, 0.25) is 10.0 Å². The third kappa shape index (κ3) is 3.84. The number of aromatic nitrogens is 4. The van der Waals surface area contributed by atoms with Gasteiger partial charge in [-0.2, -0.15) is 0 Å². The van der Waals surface area contributed by atoms with Crippen molar-refractivity contribution in [2.75, 3.05) is 12.3 Å². The number of nitrogens with zero attached hydrogens (tertiary/aromatic N) is 4. The van der Waals surface area contributed by atoms with Gasteiger partial charge in [0, 0.05) is 12.5 Å². The number of sulfonamides is 1. The molecule has 1 saturated carbocycles. The van der Waals surface area contributed by atoms with Crippen molar-refractivity contribution >= 4 is 37.8 Å². The maximum Gasteiger partial charge on any atom is 0.240 e. The van der Waals surface area contributed by atoms with E-state index in [9.17, 15) is 8.42 Å². The zero-order valence-corrected chi connectivity index (χ0v) is 20.1. The van der Waals surface area contributed by atoms with Crippen molar-refractivity contribution in [2.24, 2.45) is 5.92 Å². The quantitative estimate of drug-likeness (QED) is 0.432. The van der Waals surface area contributed by atoms with Crippen molar-refractivity contribution in [2.45, 2.75) is 49.2 Å². The first-order valence-corrected chi connectivity index (χ1v) is 13.0. The van der Waals surface area contributed by atoms with Crippen LogP contribution >= 0.6 is 0 Å². The van der Waals surface area contributed by atoms with Gasteiger partial charge in [-0.15, -0.1) is 0 Å². The summed E-state index contributed by atoms with van der Waals surface area (Å²) in [7, 11) is -3.71. The zero-order chi connectivity index (χ0) is 24.4. The van der Waals surface area contributed by atoms with Crippen molar-refractivity contribution in [1.82, 2.24) is 24.2 Å². The van der Waals surface area contributed by atoms with E-state index in [-0.39, 0.29) is 35.6 Å². The molecule has 11 heteroatoms. The van der Waals surface area contributed by atoms with Crippen LogP contribution in [-0.2, 0) is 19.5 Å². The Kier molecular flexibility index (Phi) is 5.08. The standard InChI is InChI=1S/C24H26N6O4S/c1-24(2)33-20-16(11-29-35(31,32)17-8-7-14-5-3-4-6-15(14)9-17)10-18(21(20)34-24)30-13-28-19-22(25)26-12-27-23(19)30/h3-9,12-13,16,18,20-21,29H,10-11H2,1-2H3,(H2,25,26,27)/t16-,18-,20+,21-/m1/s1. The van der Waals surface area contributed by atoms with Crippen LogP contribution in [0.1, 0.15) is 26.3 Å². The summed E-state index contributed by atoms with van der Waals surface area (Å²) in [5, 5.41) is 1.86. The van der Waals surface area contributed by atoms with Crippen LogP contribution in [0.2, 0.25) is 0 Å². The van der Waals surface area contributed by atoms with Crippen LogP contribution in [0, 0.1) is 5.92 Å². The molecule has 3 N–H and O–H groups in total. The average Bonchev–Trinajstić information content (AvgIpc) is 3.49. The largest absolute Gasteiger partial charge is 0.382 e. The van der Waals surface area contributed by atoms with Gasteiger partial charge >= 0.3 is 0 Å². The summed E-state index contributed by atoms with van der Waals surface area (Å²) in [6.07, 6.45) is 3.15. The highest BCUT2D eigenvalue weighted by Gasteiger charge is 2.54. The Balaban J connectivity index is 1.27. The number of hydrogen-bond donors (Lipinski definition) is 2. The van der Waals surface area contributed by atoms with Crippen LogP contribution in [0.3, 0.4) is 0 Å². The lowest BCUT2D eigenvalue weighted by Gasteiger charge is -2.24. The molecule has 0 bridgehead atoms. The van der Waals surface area contributed by atoms with Crippen LogP contribution in [-0.4, -0.2) is 52.5 Å². The molecule has 2 aliphatic rings. The summed E-state index contributed by atoms with van der Waals surface area (Å²) < 4.78 is 43.5. The molecule has 35 heavy (non-hydrogen) atoms. The van der Waals surface area contributed by atoms with E-state index < -0.39 is 15.8 Å². The van der Waals surface area contributed by atoms with Crippen LogP contribution in [0.15, 0.2) is 60.0 Å². The molecule has 10 nitrogen and oxygen atoms in total. The molecule has 0 unspecified atom stereocenters. The van der Waals surface area contributed by atoms with Gasteiger partial charge in [0.05, 0.1) is 23.4 Å². The summed E-state index contributed by atoms with van der Waals surface area (Å²) in [5.74, 6) is -0.584. The van der Waals surface area contributed by atoms with E-state index in [1.54, 1.807) is 18.5 Å². The Hall–Kier alpha value is -3.12. The topological polar surface area (TPSA) is 134 Å². The molecule has 2 aromatic carbocycles. The van der Waals surface area contributed by atoms with E-state index in [4.69, 9.17) is 15.2 Å². The second-order valence-corrected chi connectivity index (χ2v) is 11.3. The number of nitrogen functional groups attached to an aromatic ring is 1. The lowest BCUT2D eigenvalue weighted by molar-refractivity contribution is -0.159. The molecule has 182 valence electrons. The highest BCUT2D eigenvalue weighted by Crippen LogP contribution is 2.47. The number of fused-ring (bicyclic) bond motifs is 3. The van der Waals surface area contributed by atoms with Crippen LogP contribution < -0.4 is 10.5 Å². The number of imidazole rings is 1. The Bertz CT molecular complexity index is 1540. The third-order valence-corrected chi connectivity index (χ3v) is 8.28. The first kappa shape index (κ1) is 22.4. The molecule has 1 aliphatic heterocycles. The lowest BCUT2D eigenvalue weighted by atomic mass is 10.1. The predicted molar refractivity (Wildman–Crippen MR) is 130 cm³/mol. The van der Waals surface area contributed by atoms with E-state index in [2.05, 4.69) is 19.7 Å². The van der Waals surface area contributed by atoms with Gasteiger partial charge in [-0.25, -0.2) is 28.1 Å². The van der Waals surface area contributed by atoms with Crippen LogP contribution in [0.4, 0.5) is 5.82 Å². The zero-order valence-electron chi connectivity index (χ0n) is 19.3. The number of benzene rings is 2. The fourth-order valence-electron chi connectivity index (χ4n) is 5.28. The second-order valence-electron chi connectivity index (χ2n) is 9.57. The molecule has 2 fully saturated rings. The van der Waals surface area contributed by atoms with Crippen molar-refractivity contribution < 1.29 is 17.9 Å². The normalized spacial score (nSPS) is 25.9. The molecule has 1 aliphatic carbocycles. The highest BCUT2D eigenvalue weighted by atomic mass is 32.2. The summed E-state index contributed by atoms with van der Waals surface area (Å²) in [6.45, 7) is 3.95. The molecule has 4 aromatic rings. The predicted octanol–water partition coefficient (Wildman–Crippen LogP) is 2.62. The first-order chi connectivity index (χ1) is 16.7. The molecular formula is C24H26N6O4S. The van der Waals surface area contributed by atoms with Crippen molar-refractivity contribution in [3.8, 4) is 0 Å². The maximum absolute atomic E-state index is 13.1. The van der Waals surface area contributed by atoms with Gasteiger partial charge in [0.1, 0.15) is 17.9 Å². The van der Waals surface area contributed by atoms with Gasteiger partial charge in [-0.05, 0) is 43.2 Å². The Morgan fingerprint density at radius 2 is 1.86 bits per heavy atom. The van der Waals surface area contributed by atoms with Gasteiger partial charge < -0.3 is 19.8 Å². The maximum atomic E-state index is 13.1. The number of nitrogens with two attached hydrogens (primary N) is 1. The first-order valence-electron chi connectivity index (χ1n) is 11.5. The Morgan fingerprint density at radius 3 is 2.69 bits per heavy atom. The monoisotopic (exact) mass is 494 g/mol. The van der Waals surface area contributed by atoms with Gasteiger partial charge in [-0.3, -0.25) is 0 Å². The number of nitrogens with one attached hydrogen (secondary N) is 1. The van der Waals surface area contributed by atoms with E-state index in [1.807, 2.05) is 48.7 Å². The fraction of sp³-hybridized carbons (Fsp3) is 0.375. The van der Waals surface area contributed by atoms with Gasteiger partial charge in [0.25, 0.3) is 0 Å². The summed E-state index contributed by atoms with van der Waals surface area (Å²) >= 11 is 0. The molecule has 0 spiro atoms. The SMILES string of the molecule is CC1(C)O[C@H]2[C@@H](CNS(=O)(=O)c3ccc4ccccc4c3)C[C@@H](n3cnc4c(N)ncnc43)[C@H]2O1. The van der Waals surface area contributed by atoms with Crippen LogP contribution in [0.25, 0.3) is 21.9 Å². The molecule has 6 rings (SSSR count). The molecule has 0 radical (unpaired) electrons. The van der Waals surface area contributed by atoms with Crippen LogP contribution in [0.5, 0.6) is 0 Å².